The van der Waals surface area contributed by atoms with E-state index in [1.165, 1.54) is 84.5 Å². The van der Waals surface area contributed by atoms with Crippen LogP contribution in [0, 0.1) is 11.3 Å². The molecule has 1 rings (SSSR count). The lowest BCUT2D eigenvalue weighted by atomic mass is 9.87. The maximum absolute atomic E-state index is 13.0. The second kappa shape index (κ2) is 25.0. The van der Waals surface area contributed by atoms with Gasteiger partial charge in [-0.3, -0.25) is 9.59 Å². The van der Waals surface area contributed by atoms with Crippen LogP contribution in [0.5, 0.6) is 0 Å². The van der Waals surface area contributed by atoms with Gasteiger partial charge in [0.1, 0.15) is 25.4 Å². The first-order valence-corrected chi connectivity index (χ1v) is 18.0. The van der Waals surface area contributed by atoms with Gasteiger partial charge in [-0.1, -0.05) is 141 Å². The van der Waals surface area contributed by atoms with Crippen molar-refractivity contribution < 1.29 is 38.5 Å². The van der Waals surface area contributed by atoms with Gasteiger partial charge < -0.3 is 24.6 Å². The molecule has 2 N–H and O–H groups in total. The molecule has 0 radical (unpaired) electrons. The number of hydrogen-bond acceptors (Lipinski definition) is 7. The molecule has 0 spiro atoms. The Morgan fingerprint density at radius 3 is 1.77 bits per heavy atom. The molecule has 1 unspecified atom stereocenters. The second-order valence-electron chi connectivity index (χ2n) is 13.8. The maximum Gasteiger partial charge on any atom is 0.408 e. The Kier molecular flexibility index (Phi) is 22.3. The van der Waals surface area contributed by atoms with Crippen molar-refractivity contribution in [3.63, 3.8) is 0 Å². The van der Waals surface area contributed by atoms with Crippen molar-refractivity contribution in [3.8, 4) is 0 Å². The van der Waals surface area contributed by atoms with E-state index in [-0.39, 0.29) is 32.0 Å². The standard InChI is InChI=1S/C38H63NO8/c1-6-7-8-9-10-11-12-13-14-15-16-17-18-19-23-26-33(40)47-32(27-38(4,5)36(42)43)29-45-35(41)34(30(2)3)39-37(44)46-28-31-24-21-20-22-25-31/h20-22,24-25,30,32,34H,6-19,23,26-29H2,1-5H3,(H,39,44)(H,42,43)/t32?,34-/m0/s1. The van der Waals surface area contributed by atoms with Crippen LogP contribution in [0.4, 0.5) is 4.79 Å². The molecule has 0 bridgehead atoms. The molecule has 1 amide bonds. The number of ether oxygens (including phenoxy) is 3. The number of benzene rings is 1. The van der Waals surface area contributed by atoms with E-state index in [0.29, 0.717) is 6.42 Å². The van der Waals surface area contributed by atoms with Crippen LogP contribution in [-0.4, -0.2) is 47.9 Å². The van der Waals surface area contributed by atoms with Crippen LogP contribution in [-0.2, 0) is 35.2 Å². The van der Waals surface area contributed by atoms with E-state index >= 15 is 0 Å². The summed E-state index contributed by atoms with van der Waals surface area (Å²) in [5.41, 5.74) is -0.399. The first kappa shape index (κ1) is 41.9. The molecule has 0 aliphatic rings. The van der Waals surface area contributed by atoms with Crippen LogP contribution in [0.25, 0.3) is 0 Å². The van der Waals surface area contributed by atoms with Crippen LogP contribution in [0.15, 0.2) is 30.3 Å². The SMILES string of the molecule is CCCCCCCCCCCCCCCCCC(=O)OC(COC(=O)[C@@H](NC(=O)OCc1ccccc1)C(C)C)CC(C)(C)C(=O)O. The summed E-state index contributed by atoms with van der Waals surface area (Å²) in [6.45, 7) is 8.57. The second-order valence-corrected chi connectivity index (χ2v) is 13.8. The molecule has 2 atom stereocenters. The molecule has 0 fully saturated rings. The normalized spacial score (nSPS) is 12.7. The monoisotopic (exact) mass is 661 g/mol. The summed E-state index contributed by atoms with van der Waals surface area (Å²) in [5, 5.41) is 12.2. The van der Waals surface area contributed by atoms with Crippen molar-refractivity contribution in [2.24, 2.45) is 11.3 Å². The molecule has 0 saturated heterocycles. The van der Waals surface area contributed by atoms with Crippen LogP contribution >= 0.6 is 0 Å². The maximum atomic E-state index is 13.0. The minimum absolute atomic E-state index is 0.0287. The van der Waals surface area contributed by atoms with Gasteiger partial charge in [-0.25, -0.2) is 9.59 Å². The van der Waals surface area contributed by atoms with E-state index in [4.69, 9.17) is 14.2 Å². The predicted molar refractivity (Wildman–Crippen MR) is 185 cm³/mol. The Morgan fingerprint density at radius 2 is 1.28 bits per heavy atom. The van der Waals surface area contributed by atoms with E-state index in [0.717, 1.165) is 24.8 Å². The van der Waals surface area contributed by atoms with Crippen LogP contribution in [0.2, 0.25) is 0 Å². The fraction of sp³-hybridized carbons (Fsp3) is 0.737. The van der Waals surface area contributed by atoms with Gasteiger partial charge in [0.05, 0.1) is 5.41 Å². The molecule has 47 heavy (non-hydrogen) atoms. The van der Waals surface area contributed by atoms with E-state index < -0.39 is 41.6 Å². The highest BCUT2D eigenvalue weighted by Crippen LogP contribution is 2.25. The van der Waals surface area contributed by atoms with Crippen molar-refractivity contribution in [2.75, 3.05) is 6.61 Å². The number of carbonyl (C=O) groups excluding carboxylic acids is 3. The summed E-state index contributed by atoms with van der Waals surface area (Å²) in [6, 6.07) is 8.17. The number of carboxylic acid groups (broad SMARTS) is 1. The fourth-order valence-corrected chi connectivity index (χ4v) is 5.33. The van der Waals surface area contributed by atoms with Gasteiger partial charge in [0, 0.05) is 12.8 Å². The summed E-state index contributed by atoms with van der Waals surface area (Å²) in [4.78, 5) is 49.8. The lowest BCUT2D eigenvalue weighted by molar-refractivity contribution is -0.165. The number of esters is 2. The molecular formula is C38H63NO8. The van der Waals surface area contributed by atoms with Crippen LogP contribution in [0.1, 0.15) is 149 Å². The number of carboxylic acids is 1. The first-order chi connectivity index (χ1) is 22.5. The number of hydrogen-bond donors (Lipinski definition) is 2. The first-order valence-electron chi connectivity index (χ1n) is 18.0. The van der Waals surface area contributed by atoms with Crippen molar-refractivity contribution in [1.82, 2.24) is 5.32 Å². The molecule has 0 aliphatic carbocycles. The molecule has 0 saturated carbocycles. The van der Waals surface area contributed by atoms with Crippen molar-refractivity contribution in [2.45, 2.75) is 163 Å². The van der Waals surface area contributed by atoms with Gasteiger partial charge in [0.2, 0.25) is 0 Å². The third kappa shape index (κ3) is 20.7. The Labute approximate surface area is 283 Å². The van der Waals surface area contributed by atoms with E-state index in [9.17, 15) is 24.3 Å². The third-order valence-corrected chi connectivity index (χ3v) is 8.42. The highest BCUT2D eigenvalue weighted by atomic mass is 16.6. The van der Waals surface area contributed by atoms with Gasteiger partial charge in [0.15, 0.2) is 0 Å². The number of unbranched alkanes of at least 4 members (excludes halogenated alkanes) is 14. The van der Waals surface area contributed by atoms with Crippen molar-refractivity contribution >= 4 is 24.0 Å². The average Bonchev–Trinajstić information content (AvgIpc) is 3.03. The molecule has 9 heteroatoms. The fourth-order valence-electron chi connectivity index (χ4n) is 5.33. The Morgan fingerprint density at radius 1 is 0.766 bits per heavy atom. The smallest absolute Gasteiger partial charge is 0.408 e. The molecule has 0 heterocycles. The van der Waals surface area contributed by atoms with E-state index in [1.54, 1.807) is 13.8 Å². The van der Waals surface area contributed by atoms with Gasteiger partial charge >= 0.3 is 24.0 Å². The number of carbonyl (C=O) groups is 4. The predicted octanol–water partition coefficient (Wildman–Crippen LogP) is 9.15. The largest absolute Gasteiger partial charge is 0.481 e. The van der Waals surface area contributed by atoms with Crippen LogP contribution < -0.4 is 5.32 Å². The van der Waals surface area contributed by atoms with Gasteiger partial charge in [-0.15, -0.1) is 0 Å². The highest BCUT2D eigenvalue weighted by molar-refractivity contribution is 5.81. The minimum Gasteiger partial charge on any atom is -0.481 e. The van der Waals surface area contributed by atoms with Crippen molar-refractivity contribution in [1.29, 1.82) is 0 Å². The van der Waals surface area contributed by atoms with Crippen molar-refractivity contribution in [3.05, 3.63) is 35.9 Å². The van der Waals surface area contributed by atoms with Gasteiger partial charge in [-0.05, 0) is 31.7 Å². The summed E-state index contributed by atoms with van der Waals surface area (Å²) >= 11 is 0. The number of nitrogens with one attached hydrogen (secondary N) is 1. The number of aliphatic carboxylic acids is 1. The summed E-state index contributed by atoms with van der Waals surface area (Å²) in [7, 11) is 0. The zero-order valence-corrected chi connectivity index (χ0v) is 29.9. The topological polar surface area (TPSA) is 128 Å². The summed E-state index contributed by atoms with van der Waals surface area (Å²) < 4.78 is 16.3. The lowest BCUT2D eigenvalue weighted by Crippen LogP contribution is -2.46. The zero-order chi connectivity index (χ0) is 34.9. The molecule has 0 aliphatic heterocycles. The van der Waals surface area contributed by atoms with E-state index in [1.807, 2.05) is 30.3 Å². The number of amides is 1. The average molecular weight is 662 g/mol. The lowest BCUT2D eigenvalue weighted by Gasteiger charge is -2.27. The number of rotatable bonds is 27. The minimum atomic E-state index is -1.21. The molecule has 1 aromatic carbocycles. The molecule has 9 nitrogen and oxygen atoms in total. The summed E-state index contributed by atoms with van der Waals surface area (Å²) in [5.74, 6) is -2.51. The molecule has 1 aromatic rings. The zero-order valence-electron chi connectivity index (χ0n) is 29.9. The Hall–Kier alpha value is -3.10. The van der Waals surface area contributed by atoms with Gasteiger partial charge in [0.25, 0.3) is 0 Å². The molecule has 0 aromatic heterocycles. The number of alkyl carbamates (subject to hydrolysis) is 1. The van der Waals surface area contributed by atoms with Crippen LogP contribution in [0.3, 0.4) is 0 Å². The van der Waals surface area contributed by atoms with Gasteiger partial charge in [-0.2, -0.15) is 0 Å². The quantitative estimate of drug-likeness (QED) is 0.0543. The molecular weight excluding hydrogens is 598 g/mol. The summed E-state index contributed by atoms with van der Waals surface area (Å²) in [6.07, 6.45) is 16.9. The third-order valence-electron chi connectivity index (χ3n) is 8.42. The highest BCUT2D eigenvalue weighted by Gasteiger charge is 2.34. The Balaban J connectivity index is 2.42. The molecule has 268 valence electrons. The Bertz CT molecular complexity index is 1010. The van der Waals surface area contributed by atoms with E-state index in [2.05, 4.69) is 12.2 Å².